The lowest BCUT2D eigenvalue weighted by atomic mass is 9.45. The van der Waals surface area contributed by atoms with Crippen LogP contribution in [0.2, 0.25) is 0 Å². The van der Waals surface area contributed by atoms with Gasteiger partial charge in [-0.05, 0) is 83.6 Å². The molecule has 162 valence electrons. The van der Waals surface area contributed by atoms with Crippen molar-refractivity contribution in [2.24, 2.45) is 28.1 Å². The Morgan fingerprint density at radius 1 is 1.14 bits per heavy atom. The van der Waals surface area contributed by atoms with Gasteiger partial charge in [0.05, 0.1) is 17.6 Å². The Bertz CT molecular complexity index is 749. The Morgan fingerprint density at radius 2 is 1.86 bits per heavy atom. The fourth-order valence-electron chi connectivity index (χ4n) is 7.17. The number of rotatable bonds is 2. The van der Waals surface area contributed by atoms with Gasteiger partial charge >= 0.3 is 5.97 Å². The molecule has 0 unspecified atom stereocenters. The monoisotopic (exact) mass is 404 g/mol. The molecule has 0 aromatic carbocycles. The highest BCUT2D eigenvalue weighted by Gasteiger charge is 2.67. The number of hydrogen-bond donors (Lipinski definition) is 2. The quantitative estimate of drug-likeness (QED) is 0.688. The molecule has 0 bridgehead atoms. The van der Waals surface area contributed by atoms with Crippen LogP contribution in [0.1, 0.15) is 79.1 Å². The molecule has 0 aliphatic heterocycles. The van der Waals surface area contributed by atoms with Gasteiger partial charge in [0.1, 0.15) is 6.10 Å². The molecule has 4 aliphatic carbocycles. The van der Waals surface area contributed by atoms with Crippen molar-refractivity contribution in [3.63, 3.8) is 0 Å². The van der Waals surface area contributed by atoms with Crippen molar-refractivity contribution >= 4 is 11.8 Å². The molecule has 0 radical (unpaired) electrons. The van der Waals surface area contributed by atoms with Crippen molar-refractivity contribution in [3.05, 3.63) is 11.6 Å². The summed E-state index contributed by atoms with van der Waals surface area (Å²) in [5.41, 5.74) is -1.08. The summed E-state index contributed by atoms with van der Waals surface area (Å²) in [5.74, 6) is -0.0208. The number of aliphatic hydroxyl groups is 2. The Kier molecular flexibility index (Phi) is 4.83. The van der Waals surface area contributed by atoms with E-state index in [-0.39, 0.29) is 41.7 Å². The fraction of sp³-hybridized carbons (Fsp3) is 0.833. The molecule has 0 aromatic rings. The maximum absolute atomic E-state index is 12.6. The molecule has 5 heteroatoms. The van der Waals surface area contributed by atoms with E-state index >= 15 is 0 Å². The summed E-state index contributed by atoms with van der Waals surface area (Å²) in [4.78, 5) is 24.6. The highest BCUT2D eigenvalue weighted by molar-refractivity contribution is 5.91. The standard InChI is InChI=1S/C24H36O5/c1-21(2,3)20(27)29-19-6-5-17-22(19,4)10-9-18-23(14-25)11-8-16(26)13-15(23)7-12-24(17,18)28/h13,17-19,25,28H,5-12,14H2,1-4H3/t17-,18-,19+,22+,23-,24+/m1/s1. The molecule has 0 spiro atoms. The van der Waals surface area contributed by atoms with E-state index < -0.39 is 16.4 Å². The van der Waals surface area contributed by atoms with E-state index in [1.54, 1.807) is 6.08 Å². The minimum absolute atomic E-state index is 0.00897. The summed E-state index contributed by atoms with van der Waals surface area (Å²) in [6.45, 7) is 7.79. The first-order valence-electron chi connectivity index (χ1n) is 11.3. The summed E-state index contributed by atoms with van der Waals surface area (Å²) in [5, 5.41) is 22.5. The van der Waals surface area contributed by atoms with Crippen molar-refractivity contribution in [2.45, 2.75) is 90.8 Å². The first-order valence-corrected chi connectivity index (χ1v) is 11.3. The molecule has 6 atom stereocenters. The topological polar surface area (TPSA) is 83.8 Å². The summed E-state index contributed by atoms with van der Waals surface area (Å²) in [7, 11) is 0. The predicted octanol–water partition coefficient (Wildman–Crippen LogP) is 3.56. The minimum Gasteiger partial charge on any atom is -0.461 e. The van der Waals surface area contributed by atoms with Gasteiger partial charge in [0.2, 0.25) is 0 Å². The number of fused-ring (bicyclic) bond motifs is 5. The average Bonchev–Trinajstić information content (AvgIpc) is 2.98. The molecule has 0 amide bonds. The van der Waals surface area contributed by atoms with Crippen LogP contribution >= 0.6 is 0 Å². The van der Waals surface area contributed by atoms with Gasteiger partial charge in [-0.2, -0.15) is 0 Å². The van der Waals surface area contributed by atoms with Crippen molar-refractivity contribution < 1.29 is 24.5 Å². The highest BCUT2D eigenvalue weighted by atomic mass is 16.5. The van der Waals surface area contributed by atoms with Gasteiger partial charge < -0.3 is 14.9 Å². The predicted molar refractivity (Wildman–Crippen MR) is 109 cm³/mol. The molecule has 0 saturated heterocycles. The lowest BCUT2D eigenvalue weighted by molar-refractivity contribution is -0.209. The number of esters is 1. The van der Waals surface area contributed by atoms with Crippen LogP contribution in [0.15, 0.2) is 11.6 Å². The van der Waals surface area contributed by atoms with Crippen LogP contribution in [0.5, 0.6) is 0 Å². The first-order chi connectivity index (χ1) is 13.5. The van der Waals surface area contributed by atoms with Crippen LogP contribution in [0.4, 0.5) is 0 Å². The third-order valence-electron chi connectivity index (χ3n) is 8.83. The van der Waals surface area contributed by atoms with Crippen LogP contribution in [-0.4, -0.2) is 40.3 Å². The lowest BCUT2D eigenvalue weighted by Gasteiger charge is -2.62. The summed E-state index contributed by atoms with van der Waals surface area (Å²) >= 11 is 0. The molecule has 5 nitrogen and oxygen atoms in total. The summed E-state index contributed by atoms with van der Waals surface area (Å²) in [6, 6.07) is 0. The molecule has 2 N–H and O–H groups in total. The second-order valence-corrected chi connectivity index (χ2v) is 11.3. The van der Waals surface area contributed by atoms with Crippen LogP contribution in [0.3, 0.4) is 0 Å². The molecule has 3 saturated carbocycles. The molecule has 3 fully saturated rings. The van der Waals surface area contributed by atoms with Gasteiger partial charge in [0.25, 0.3) is 0 Å². The fourth-order valence-corrected chi connectivity index (χ4v) is 7.17. The maximum atomic E-state index is 12.6. The van der Waals surface area contributed by atoms with Crippen LogP contribution in [0.25, 0.3) is 0 Å². The number of aliphatic hydroxyl groups excluding tert-OH is 1. The second-order valence-electron chi connectivity index (χ2n) is 11.3. The molecular formula is C24H36O5. The van der Waals surface area contributed by atoms with Crippen molar-refractivity contribution in [1.82, 2.24) is 0 Å². The van der Waals surface area contributed by atoms with Crippen molar-refractivity contribution in [1.29, 1.82) is 0 Å². The van der Waals surface area contributed by atoms with Crippen molar-refractivity contribution in [3.8, 4) is 0 Å². The smallest absolute Gasteiger partial charge is 0.311 e. The third kappa shape index (κ3) is 2.95. The van der Waals surface area contributed by atoms with Gasteiger partial charge in [-0.15, -0.1) is 0 Å². The van der Waals surface area contributed by atoms with Crippen LogP contribution in [0, 0.1) is 28.1 Å². The van der Waals surface area contributed by atoms with Crippen LogP contribution in [-0.2, 0) is 14.3 Å². The lowest BCUT2D eigenvalue weighted by Crippen LogP contribution is -2.64. The van der Waals surface area contributed by atoms with E-state index in [2.05, 4.69) is 6.92 Å². The SMILES string of the molecule is CC(C)(C)C(=O)O[C@H]1CC[C@@H]2[C@]1(C)CC[C@@H]1[C@@]3(CO)CCC(=O)C=C3CC[C@@]12O. The third-order valence-corrected chi connectivity index (χ3v) is 8.83. The summed E-state index contributed by atoms with van der Waals surface area (Å²) in [6.07, 6.45) is 7.23. The van der Waals surface area contributed by atoms with Gasteiger partial charge in [0, 0.05) is 17.3 Å². The highest BCUT2D eigenvalue weighted by Crippen LogP contribution is 2.67. The second kappa shape index (κ2) is 6.65. The molecule has 0 heterocycles. The summed E-state index contributed by atoms with van der Waals surface area (Å²) < 4.78 is 5.99. The normalized spacial score (nSPS) is 44.4. The number of ketones is 1. The molecule has 29 heavy (non-hydrogen) atoms. The Morgan fingerprint density at radius 3 is 2.52 bits per heavy atom. The Hall–Kier alpha value is -1.20. The average molecular weight is 405 g/mol. The number of carbonyl (C=O) groups is 2. The van der Waals surface area contributed by atoms with E-state index in [9.17, 15) is 19.8 Å². The van der Waals surface area contributed by atoms with E-state index in [4.69, 9.17) is 4.74 Å². The zero-order valence-electron chi connectivity index (χ0n) is 18.3. The van der Waals surface area contributed by atoms with Crippen molar-refractivity contribution in [2.75, 3.05) is 6.61 Å². The van der Waals surface area contributed by atoms with Gasteiger partial charge in [-0.3, -0.25) is 9.59 Å². The first kappa shape index (κ1) is 21.0. The molecule has 4 rings (SSSR count). The van der Waals surface area contributed by atoms with E-state index in [1.807, 2.05) is 20.8 Å². The van der Waals surface area contributed by atoms with Crippen LogP contribution < -0.4 is 0 Å². The zero-order valence-corrected chi connectivity index (χ0v) is 18.3. The number of carbonyl (C=O) groups excluding carboxylic acids is 2. The van der Waals surface area contributed by atoms with E-state index in [0.29, 0.717) is 25.7 Å². The molecule has 0 aromatic heterocycles. The Balaban J connectivity index is 1.65. The maximum Gasteiger partial charge on any atom is 0.311 e. The Labute approximate surface area is 173 Å². The number of hydrogen-bond acceptors (Lipinski definition) is 5. The zero-order chi connectivity index (χ0) is 21.2. The van der Waals surface area contributed by atoms with Gasteiger partial charge in [-0.25, -0.2) is 0 Å². The molecule has 4 aliphatic rings. The number of ether oxygens (including phenoxy) is 1. The minimum atomic E-state index is -0.879. The largest absolute Gasteiger partial charge is 0.461 e. The van der Waals surface area contributed by atoms with E-state index in [0.717, 1.165) is 31.3 Å². The van der Waals surface area contributed by atoms with E-state index in [1.165, 1.54) is 0 Å². The molecular weight excluding hydrogens is 368 g/mol. The van der Waals surface area contributed by atoms with Gasteiger partial charge in [0.15, 0.2) is 5.78 Å². The van der Waals surface area contributed by atoms with Gasteiger partial charge in [-0.1, -0.05) is 12.5 Å².